The molecule has 0 aliphatic rings. The molecule has 1 aromatic rings. The van der Waals surface area contributed by atoms with Gasteiger partial charge in [0.2, 0.25) is 0 Å². The minimum atomic E-state index is -0.272. The Morgan fingerprint density at radius 2 is 0.750 bits per heavy atom. The first-order valence-electron chi connectivity index (χ1n) is 13.4. The van der Waals surface area contributed by atoms with Crippen LogP contribution in [-0.2, 0) is 0 Å². The second-order valence-electron chi connectivity index (χ2n) is 12.4. The summed E-state index contributed by atoms with van der Waals surface area (Å²) in [6.07, 6.45) is 10.3. The second-order valence-corrected chi connectivity index (χ2v) is 19.7. The van der Waals surface area contributed by atoms with Crippen LogP contribution in [0.25, 0.3) is 0 Å². The maximum atomic E-state index is 2.70. The largest absolute Gasteiger partial charge is 0.0653 e. The molecule has 0 aliphatic carbocycles. The number of hydrogen-bond donors (Lipinski definition) is 0. The molecular formula is C30H56P2. The Morgan fingerprint density at radius 3 is 0.969 bits per heavy atom. The fraction of sp³-hybridized carbons (Fsp3) is 0.800. The molecule has 0 amide bonds. The van der Waals surface area contributed by atoms with Crippen LogP contribution >= 0.6 is 15.8 Å². The van der Waals surface area contributed by atoms with Crippen molar-refractivity contribution in [2.24, 2.45) is 0 Å². The Labute approximate surface area is 205 Å². The smallest absolute Gasteiger partial charge is 0.0106 e. The van der Waals surface area contributed by atoms with Gasteiger partial charge in [-0.15, -0.1) is 0 Å². The van der Waals surface area contributed by atoms with Crippen LogP contribution in [0.1, 0.15) is 134 Å². The van der Waals surface area contributed by atoms with Crippen molar-refractivity contribution < 1.29 is 0 Å². The van der Waals surface area contributed by atoms with E-state index in [1.165, 1.54) is 51.4 Å². The van der Waals surface area contributed by atoms with Crippen molar-refractivity contribution in [2.45, 2.75) is 155 Å². The molecule has 0 N–H and O–H groups in total. The van der Waals surface area contributed by atoms with Gasteiger partial charge in [-0.1, -0.05) is 143 Å². The lowest BCUT2D eigenvalue weighted by Gasteiger charge is -2.48. The summed E-state index contributed by atoms with van der Waals surface area (Å²) >= 11 is 0. The first-order valence-corrected chi connectivity index (χ1v) is 16.1. The molecule has 0 aromatic heterocycles. The molecule has 0 heterocycles. The van der Waals surface area contributed by atoms with Crippen LogP contribution in [-0.4, -0.2) is 20.6 Å². The summed E-state index contributed by atoms with van der Waals surface area (Å²) in [5, 5.41) is 4.76. The molecule has 2 heteroatoms. The highest BCUT2D eigenvalue weighted by Crippen LogP contribution is 2.64. The predicted octanol–water partition coefficient (Wildman–Crippen LogP) is 10.2. The van der Waals surface area contributed by atoms with Crippen molar-refractivity contribution in [3.63, 3.8) is 0 Å². The fourth-order valence-corrected chi connectivity index (χ4v) is 15.7. The van der Waals surface area contributed by atoms with Crippen molar-refractivity contribution >= 4 is 26.5 Å². The molecular weight excluding hydrogens is 422 g/mol. The zero-order chi connectivity index (χ0) is 24.8. The summed E-state index contributed by atoms with van der Waals surface area (Å²) < 4.78 is 0. The highest BCUT2D eigenvalue weighted by atomic mass is 31.1. The van der Waals surface area contributed by atoms with Crippen LogP contribution < -0.4 is 10.6 Å². The topological polar surface area (TPSA) is 0 Å². The van der Waals surface area contributed by atoms with Gasteiger partial charge in [0.1, 0.15) is 0 Å². The van der Waals surface area contributed by atoms with Crippen LogP contribution in [0.15, 0.2) is 24.3 Å². The number of benzene rings is 1. The normalized spacial score (nSPS) is 13.9. The molecule has 186 valence electrons. The van der Waals surface area contributed by atoms with E-state index in [0.29, 0.717) is 20.6 Å². The van der Waals surface area contributed by atoms with Crippen LogP contribution in [0.4, 0.5) is 0 Å². The molecule has 0 spiro atoms. The molecule has 0 saturated heterocycles. The Morgan fingerprint density at radius 1 is 0.500 bits per heavy atom. The summed E-state index contributed by atoms with van der Waals surface area (Å²) in [4.78, 5) is 0. The Bertz CT molecular complexity index is 593. The number of hydrogen-bond acceptors (Lipinski definition) is 0. The monoisotopic (exact) mass is 478 g/mol. The van der Waals surface area contributed by atoms with Gasteiger partial charge in [0.15, 0.2) is 0 Å². The van der Waals surface area contributed by atoms with E-state index in [-0.39, 0.29) is 15.8 Å². The minimum absolute atomic E-state index is 0.272. The van der Waals surface area contributed by atoms with Crippen molar-refractivity contribution in [3.8, 4) is 0 Å². The van der Waals surface area contributed by atoms with E-state index in [4.69, 9.17) is 0 Å². The van der Waals surface area contributed by atoms with Gasteiger partial charge >= 0.3 is 0 Å². The zero-order valence-electron chi connectivity index (χ0n) is 23.9. The lowest BCUT2D eigenvalue weighted by molar-refractivity contribution is 0.563. The van der Waals surface area contributed by atoms with Gasteiger partial charge in [-0.25, -0.2) is 0 Å². The van der Waals surface area contributed by atoms with Gasteiger partial charge < -0.3 is 0 Å². The van der Waals surface area contributed by atoms with E-state index in [1.807, 2.05) is 0 Å². The highest BCUT2D eigenvalue weighted by molar-refractivity contribution is 7.70. The lowest BCUT2D eigenvalue weighted by atomic mass is 10.1. The van der Waals surface area contributed by atoms with E-state index in [9.17, 15) is 0 Å². The van der Waals surface area contributed by atoms with E-state index < -0.39 is 0 Å². The van der Waals surface area contributed by atoms with E-state index in [0.717, 1.165) is 0 Å². The maximum absolute atomic E-state index is 2.70. The third kappa shape index (κ3) is 7.54. The lowest BCUT2D eigenvalue weighted by Crippen LogP contribution is -2.38. The minimum Gasteiger partial charge on any atom is -0.0653 e. The standard InChI is InChI=1S/C30H56P2/c1-13-20-27(5,6)31(28(7,8)21-14-2)25-18-17-19-26(24-25)32(29(9,10)22-15-3)30(11,12)23-16-4/h17-19,24H,13-16,20-23H2,1-12H3. The maximum Gasteiger partial charge on any atom is -0.0106 e. The van der Waals surface area contributed by atoms with Crippen molar-refractivity contribution in [1.29, 1.82) is 0 Å². The average molecular weight is 479 g/mol. The molecule has 32 heavy (non-hydrogen) atoms. The Hall–Kier alpha value is 0.0800. The Balaban J connectivity index is 3.69. The summed E-state index contributed by atoms with van der Waals surface area (Å²) in [5.41, 5.74) is 0. The highest BCUT2D eigenvalue weighted by Gasteiger charge is 2.43. The second kappa shape index (κ2) is 12.2. The molecule has 1 aromatic carbocycles. The third-order valence-corrected chi connectivity index (χ3v) is 14.5. The molecule has 0 atom stereocenters. The van der Waals surface area contributed by atoms with Crippen LogP contribution in [0.5, 0.6) is 0 Å². The van der Waals surface area contributed by atoms with E-state index in [2.05, 4.69) is 107 Å². The van der Waals surface area contributed by atoms with Gasteiger partial charge in [0.05, 0.1) is 0 Å². The van der Waals surface area contributed by atoms with Crippen LogP contribution in [0.2, 0.25) is 0 Å². The first kappa shape index (κ1) is 30.1. The third-order valence-electron chi connectivity index (χ3n) is 7.21. The number of rotatable bonds is 14. The summed E-state index contributed by atoms with van der Waals surface area (Å²) in [7, 11) is -0.544. The summed E-state index contributed by atoms with van der Waals surface area (Å²) in [5.74, 6) is 0. The molecule has 0 fully saturated rings. The van der Waals surface area contributed by atoms with E-state index >= 15 is 0 Å². The molecule has 0 bridgehead atoms. The molecule has 0 radical (unpaired) electrons. The fourth-order valence-electron chi connectivity index (χ4n) is 6.70. The molecule has 0 saturated carbocycles. The quantitative estimate of drug-likeness (QED) is 0.233. The van der Waals surface area contributed by atoms with Crippen molar-refractivity contribution in [3.05, 3.63) is 24.3 Å². The van der Waals surface area contributed by atoms with Gasteiger partial charge in [-0.05, 0) is 63.0 Å². The molecule has 0 aliphatic heterocycles. The zero-order valence-corrected chi connectivity index (χ0v) is 25.6. The predicted molar refractivity (Wildman–Crippen MR) is 155 cm³/mol. The van der Waals surface area contributed by atoms with Gasteiger partial charge in [-0.2, -0.15) is 0 Å². The van der Waals surface area contributed by atoms with E-state index in [1.54, 1.807) is 10.6 Å². The summed E-state index contributed by atoms with van der Waals surface area (Å²) in [6.45, 7) is 29.9. The average Bonchev–Trinajstić information content (AvgIpc) is 2.60. The van der Waals surface area contributed by atoms with Crippen molar-refractivity contribution in [2.75, 3.05) is 0 Å². The first-order chi connectivity index (χ1) is 14.7. The Kier molecular flexibility index (Phi) is 11.4. The molecule has 0 nitrogen and oxygen atoms in total. The van der Waals surface area contributed by atoms with Gasteiger partial charge in [0, 0.05) is 0 Å². The molecule has 0 unspecified atom stereocenters. The van der Waals surface area contributed by atoms with Crippen LogP contribution in [0, 0.1) is 0 Å². The van der Waals surface area contributed by atoms with Crippen LogP contribution in [0.3, 0.4) is 0 Å². The molecule has 1 rings (SSSR count). The SMILES string of the molecule is CCCC(C)(C)P(c1cccc(P(C(C)(C)CCC)C(C)(C)CCC)c1)C(C)(C)CCC. The summed E-state index contributed by atoms with van der Waals surface area (Å²) in [6, 6.07) is 10.1. The van der Waals surface area contributed by atoms with Crippen molar-refractivity contribution in [1.82, 2.24) is 0 Å². The van der Waals surface area contributed by atoms with Gasteiger partial charge in [-0.3, -0.25) is 0 Å². The van der Waals surface area contributed by atoms with Gasteiger partial charge in [0.25, 0.3) is 0 Å².